The number of ether oxygens (including phenoxy) is 1. The molecule has 0 saturated heterocycles. The molecule has 29 heavy (non-hydrogen) atoms. The van der Waals surface area contributed by atoms with Crippen LogP contribution in [-0.4, -0.2) is 35.6 Å². The van der Waals surface area contributed by atoms with E-state index < -0.39 is 24.5 Å². The number of alkyl halides is 2. The van der Waals surface area contributed by atoms with E-state index in [1.807, 2.05) is 0 Å². The van der Waals surface area contributed by atoms with Gasteiger partial charge in [0.05, 0.1) is 6.54 Å². The largest absolute Gasteiger partial charge is 0.480 e. The van der Waals surface area contributed by atoms with Crippen LogP contribution in [0.2, 0.25) is 0 Å². The van der Waals surface area contributed by atoms with Crippen molar-refractivity contribution < 1.29 is 28.2 Å². The number of carbonyl (C=O) groups is 2. The molecule has 1 amide bonds. The molecule has 8 nitrogen and oxygen atoms in total. The van der Waals surface area contributed by atoms with E-state index in [0.717, 1.165) is 0 Å². The molecule has 154 valence electrons. The maximum absolute atomic E-state index is 12.4. The number of amides is 1. The van der Waals surface area contributed by atoms with E-state index in [0.29, 0.717) is 11.1 Å². The van der Waals surface area contributed by atoms with Crippen molar-refractivity contribution in [3.63, 3.8) is 0 Å². The molecule has 0 heterocycles. The van der Waals surface area contributed by atoms with Crippen LogP contribution in [0.4, 0.5) is 8.78 Å². The third-order valence-corrected chi connectivity index (χ3v) is 3.84. The first-order chi connectivity index (χ1) is 13.8. The van der Waals surface area contributed by atoms with E-state index >= 15 is 0 Å². The summed E-state index contributed by atoms with van der Waals surface area (Å²) in [6.07, 6.45) is 0.126. The Hall–Kier alpha value is -3.53. The van der Waals surface area contributed by atoms with Crippen LogP contribution < -0.4 is 21.5 Å². The highest BCUT2D eigenvalue weighted by atomic mass is 19.3. The third kappa shape index (κ3) is 6.85. The zero-order valence-corrected chi connectivity index (χ0v) is 15.2. The molecule has 0 aromatic heterocycles. The predicted octanol–water partition coefficient (Wildman–Crippen LogP) is 1.49. The molecule has 10 heteroatoms. The smallest absolute Gasteiger partial charge is 0.387 e. The molecule has 1 atom stereocenters. The van der Waals surface area contributed by atoms with Gasteiger partial charge in [-0.05, 0) is 30.2 Å². The number of rotatable bonds is 8. The number of halogens is 2. The molecule has 0 bridgehead atoms. The summed E-state index contributed by atoms with van der Waals surface area (Å²) in [5.74, 6) is -1.87. The molecule has 6 N–H and O–H groups in total. The average Bonchev–Trinajstić information content (AvgIpc) is 2.67. The van der Waals surface area contributed by atoms with Gasteiger partial charge in [-0.15, -0.1) is 0 Å². The second kappa shape index (κ2) is 10.1. The quantitative estimate of drug-likeness (QED) is 0.387. The zero-order chi connectivity index (χ0) is 21.4. The van der Waals surface area contributed by atoms with Crippen molar-refractivity contribution in [2.75, 3.05) is 0 Å². The first-order valence-corrected chi connectivity index (χ1v) is 8.47. The Labute approximate surface area is 165 Å². The summed E-state index contributed by atoms with van der Waals surface area (Å²) < 4.78 is 29.2. The van der Waals surface area contributed by atoms with Gasteiger partial charge in [0.15, 0.2) is 5.96 Å². The summed E-state index contributed by atoms with van der Waals surface area (Å²) in [5, 5.41) is 11.2. The van der Waals surface area contributed by atoms with Gasteiger partial charge in [-0.3, -0.25) is 14.9 Å². The van der Waals surface area contributed by atoms with Gasteiger partial charge in [0.25, 0.3) is 5.91 Å². The Bertz CT molecular complexity index is 888. The molecule has 2 aromatic rings. The SMILES string of the molecule is NC(=NCc1ccccc1OC(F)F)NC(=O)c1ccc(C[C@H](N)C(=O)O)cc1. The molecule has 0 unspecified atom stereocenters. The van der Waals surface area contributed by atoms with E-state index in [4.69, 9.17) is 16.6 Å². The average molecular weight is 406 g/mol. The highest BCUT2D eigenvalue weighted by Crippen LogP contribution is 2.20. The number of nitrogens with two attached hydrogens (primary N) is 2. The number of carbonyl (C=O) groups excluding carboxylic acids is 1. The fourth-order valence-electron chi connectivity index (χ4n) is 2.38. The van der Waals surface area contributed by atoms with E-state index in [-0.39, 0.29) is 30.2 Å². The molecule has 0 aliphatic carbocycles. The molecule has 0 radical (unpaired) electrons. The Morgan fingerprint density at radius 2 is 1.79 bits per heavy atom. The summed E-state index contributed by atoms with van der Waals surface area (Å²) in [6, 6.07) is 11.2. The second-order valence-corrected chi connectivity index (χ2v) is 5.99. The van der Waals surface area contributed by atoms with Crippen LogP contribution in [-0.2, 0) is 17.8 Å². The minimum Gasteiger partial charge on any atom is -0.480 e. The maximum atomic E-state index is 12.4. The van der Waals surface area contributed by atoms with Gasteiger partial charge in [0.1, 0.15) is 11.8 Å². The zero-order valence-electron chi connectivity index (χ0n) is 15.2. The molecule has 0 aliphatic rings. The molecular formula is C19H20F2N4O4. The number of nitrogens with zero attached hydrogens (tertiary/aromatic N) is 1. The summed E-state index contributed by atoms with van der Waals surface area (Å²) in [7, 11) is 0. The first-order valence-electron chi connectivity index (χ1n) is 8.47. The first kappa shape index (κ1) is 21.8. The number of para-hydroxylation sites is 1. The lowest BCUT2D eigenvalue weighted by Gasteiger charge is -2.10. The monoisotopic (exact) mass is 406 g/mol. The normalized spacial score (nSPS) is 12.5. The van der Waals surface area contributed by atoms with Crippen molar-refractivity contribution in [1.29, 1.82) is 0 Å². The van der Waals surface area contributed by atoms with E-state index in [9.17, 15) is 18.4 Å². The number of hydrogen-bond acceptors (Lipinski definition) is 5. The topological polar surface area (TPSA) is 140 Å². The highest BCUT2D eigenvalue weighted by molar-refractivity contribution is 6.05. The number of carboxylic acid groups (broad SMARTS) is 1. The van der Waals surface area contributed by atoms with Gasteiger partial charge in [-0.1, -0.05) is 30.3 Å². The number of guanidine groups is 1. The van der Waals surface area contributed by atoms with Gasteiger partial charge >= 0.3 is 12.6 Å². The van der Waals surface area contributed by atoms with E-state index in [2.05, 4.69) is 15.0 Å². The molecule has 2 aromatic carbocycles. The minimum absolute atomic E-state index is 0.0273. The summed E-state index contributed by atoms with van der Waals surface area (Å²) in [6.45, 7) is -3.04. The van der Waals surface area contributed by atoms with Gasteiger partial charge in [0, 0.05) is 11.1 Å². The van der Waals surface area contributed by atoms with Crippen LogP contribution in [0, 0.1) is 0 Å². The maximum Gasteiger partial charge on any atom is 0.387 e. The van der Waals surface area contributed by atoms with Crippen molar-refractivity contribution in [1.82, 2.24) is 5.32 Å². The van der Waals surface area contributed by atoms with Crippen LogP contribution in [0.1, 0.15) is 21.5 Å². The fraction of sp³-hybridized carbons (Fsp3) is 0.211. The molecule has 0 saturated carbocycles. The van der Waals surface area contributed by atoms with Gasteiger partial charge in [-0.25, -0.2) is 4.99 Å². The van der Waals surface area contributed by atoms with Crippen molar-refractivity contribution in [3.8, 4) is 5.75 Å². The Morgan fingerprint density at radius 1 is 1.14 bits per heavy atom. The van der Waals surface area contributed by atoms with E-state index in [1.54, 1.807) is 30.3 Å². The van der Waals surface area contributed by atoms with Crippen LogP contribution in [0.25, 0.3) is 0 Å². The Morgan fingerprint density at radius 3 is 2.41 bits per heavy atom. The molecule has 0 fully saturated rings. The van der Waals surface area contributed by atoms with Crippen molar-refractivity contribution in [2.24, 2.45) is 16.5 Å². The van der Waals surface area contributed by atoms with Crippen molar-refractivity contribution >= 4 is 17.8 Å². The molecule has 0 aliphatic heterocycles. The second-order valence-electron chi connectivity index (χ2n) is 5.99. The van der Waals surface area contributed by atoms with Crippen LogP contribution in [0.15, 0.2) is 53.5 Å². The summed E-state index contributed by atoms with van der Waals surface area (Å²) >= 11 is 0. The molecule has 2 rings (SSSR count). The third-order valence-electron chi connectivity index (χ3n) is 3.84. The lowest BCUT2D eigenvalue weighted by Crippen LogP contribution is -2.36. The fourth-order valence-corrected chi connectivity index (χ4v) is 2.38. The Balaban J connectivity index is 1.97. The predicted molar refractivity (Wildman–Crippen MR) is 102 cm³/mol. The van der Waals surface area contributed by atoms with Crippen LogP contribution >= 0.6 is 0 Å². The number of nitrogens with one attached hydrogen (secondary N) is 1. The van der Waals surface area contributed by atoms with Gasteiger partial charge in [0.2, 0.25) is 0 Å². The minimum atomic E-state index is -2.97. The lowest BCUT2D eigenvalue weighted by atomic mass is 10.0. The molecule has 0 spiro atoms. The van der Waals surface area contributed by atoms with Crippen molar-refractivity contribution in [2.45, 2.75) is 25.6 Å². The number of aliphatic carboxylic acids is 1. The van der Waals surface area contributed by atoms with Gasteiger partial charge in [-0.2, -0.15) is 8.78 Å². The lowest BCUT2D eigenvalue weighted by molar-refractivity contribution is -0.138. The van der Waals surface area contributed by atoms with Crippen LogP contribution in [0.3, 0.4) is 0 Å². The van der Waals surface area contributed by atoms with Crippen LogP contribution in [0.5, 0.6) is 5.75 Å². The number of carboxylic acids is 1. The highest BCUT2D eigenvalue weighted by Gasteiger charge is 2.13. The van der Waals surface area contributed by atoms with E-state index in [1.165, 1.54) is 18.2 Å². The number of benzene rings is 2. The van der Waals surface area contributed by atoms with Gasteiger partial charge < -0.3 is 21.3 Å². The number of aliphatic imine (C=N–C) groups is 1. The standard InChI is InChI=1S/C19H20F2N4O4/c20-18(21)29-15-4-2-1-3-13(15)10-24-19(23)25-16(26)12-7-5-11(6-8-12)9-14(22)17(27)28/h1-8,14,18H,9-10,22H2,(H,27,28)(H3,23,24,25,26)/t14-/m0/s1. The molecular weight excluding hydrogens is 386 g/mol. The summed E-state index contributed by atoms with van der Waals surface area (Å²) in [4.78, 5) is 26.9. The van der Waals surface area contributed by atoms with Crippen molar-refractivity contribution in [3.05, 3.63) is 65.2 Å². The number of hydrogen-bond donors (Lipinski definition) is 4. The Kier molecular flexibility index (Phi) is 7.61. The summed E-state index contributed by atoms with van der Waals surface area (Å²) in [5.41, 5.74) is 12.5.